The minimum Gasteiger partial charge on any atom is -0.282 e. The predicted molar refractivity (Wildman–Crippen MR) is 99.4 cm³/mol. The number of carbonyl (C=O) groups is 1. The Morgan fingerprint density at radius 2 is 1.81 bits per heavy atom. The number of nitrogens with one attached hydrogen (secondary N) is 1. The lowest BCUT2D eigenvalue weighted by molar-refractivity contribution is -0.112. The molecule has 0 bridgehead atoms. The normalized spacial score (nSPS) is 16.1. The number of hydrazone groups is 2. The van der Waals surface area contributed by atoms with E-state index in [2.05, 4.69) is 15.6 Å². The molecule has 0 unspecified atom stereocenters. The number of rotatable bonds is 4. The van der Waals surface area contributed by atoms with E-state index in [9.17, 15) is 17.8 Å². The number of amides is 1. The molecule has 10 heteroatoms. The van der Waals surface area contributed by atoms with Crippen molar-refractivity contribution in [2.24, 2.45) is 10.2 Å². The zero-order valence-electron chi connectivity index (χ0n) is 13.4. The van der Waals surface area contributed by atoms with E-state index in [0.717, 1.165) is 5.01 Å². The summed E-state index contributed by atoms with van der Waals surface area (Å²) in [5.41, 5.74) is 3.25. The second-order valence-corrected chi connectivity index (χ2v) is 7.09. The molecule has 0 radical (unpaired) electrons. The number of nitrogens with zero attached hydrogens (tertiary/aromatic N) is 3. The van der Waals surface area contributed by atoms with Gasteiger partial charge in [-0.3, -0.25) is 14.8 Å². The number of hydrogen-bond acceptors (Lipinski definition) is 6. The van der Waals surface area contributed by atoms with E-state index in [-0.39, 0.29) is 16.3 Å². The molecule has 2 N–H and O–H groups in total. The van der Waals surface area contributed by atoms with Gasteiger partial charge < -0.3 is 0 Å². The molecule has 2 aromatic rings. The maximum absolute atomic E-state index is 12.6. The van der Waals surface area contributed by atoms with Gasteiger partial charge in [0, 0.05) is 0 Å². The Morgan fingerprint density at radius 3 is 2.50 bits per heavy atom. The maximum atomic E-state index is 12.6. The van der Waals surface area contributed by atoms with Crippen LogP contribution in [0, 0.1) is 0 Å². The highest BCUT2D eigenvalue weighted by molar-refractivity contribution is 7.86. The summed E-state index contributed by atoms with van der Waals surface area (Å²) in [6, 6.07) is 12.3. The molecule has 0 spiro atoms. The van der Waals surface area contributed by atoms with Crippen LogP contribution in [0.25, 0.3) is 0 Å². The standard InChI is InChI=1S/C16H13ClN4O4S/c1-10-15(16(22)21(20-10)13-8-4-2-6-11(13)17)19-18-12-7-3-5-9-14(12)26(23,24)25/h2-9,18H,1H3,(H,23,24,25). The number of anilines is 2. The Bertz CT molecular complexity index is 1050. The largest absolute Gasteiger partial charge is 0.301 e. The van der Waals surface area contributed by atoms with Crippen molar-refractivity contribution in [1.82, 2.24) is 0 Å². The molecular weight excluding hydrogens is 380 g/mol. The molecule has 3 rings (SSSR count). The molecule has 0 saturated heterocycles. The van der Waals surface area contributed by atoms with Crippen LogP contribution in [-0.2, 0) is 14.9 Å². The molecule has 0 aliphatic carbocycles. The summed E-state index contributed by atoms with van der Waals surface area (Å²) in [5, 5.41) is 9.57. The van der Waals surface area contributed by atoms with Crippen molar-refractivity contribution in [3.8, 4) is 0 Å². The zero-order chi connectivity index (χ0) is 18.9. The van der Waals surface area contributed by atoms with Crippen LogP contribution in [0.3, 0.4) is 0 Å². The molecule has 0 saturated carbocycles. The van der Waals surface area contributed by atoms with Crippen LogP contribution in [-0.4, -0.2) is 30.3 Å². The van der Waals surface area contributed by atoms with Crippen molar-refractivity contribution in [1.29, 1.82) is 0 Å². The second kappa shape index (κ2) is 6.87. The Hall–Kier alpha value is -2.75. The average Bonchev–Trinajstić information content (AvgIpc) is 2.87. The van der Waals surface area contributed by atoms with Crippen molar-refractivity contribution in [3.05, 3.63) is 53.6 Å². The fourth-order valence-electron chi connectivity index (χ4n) is 2.31. The minimum atomic E-state index is -4.44. The summed E-state index contributed by atoms with van der Waals surface area (Å²) in [7, 11) is -4.44. The molecule has 134 valence electrons. The highest BCUT2D eigenvalue weighted by Crippen LogP contribution is 2.28. The lowest BCUT2D eigenvalue weighted by atomic mass is 10.2. The van der Waals surface area contributed by atoms with Gasteiger partial charge >= 0.3 is 5.91 Å². The average molecular weight is 393 g/mol. The lowest BCUT2D eigenvalue weighted by Gasteiger charge is -2.12. The summed E-state index contributed by atoms with van der Waals surface area (Å²) >= 11 is 6.10. The van der Waals surface area contributed by atoms with E-state index in [0.29, 0.717) is 16.4 Å². The third-order valence-corrected chi connectivity index (χ3v) is 4.75. The number of hydrogen-bond donors (Lipinski definition) is 2. The Morgan fingerprint density at radius 1 is 1.15 bits per heavy atom. The highest BCUT2D eigenvalue weighted by atomic mass is 35.5. The number of halogens is 1. The fourth-order valence-corrected chi connectivity index (χ4v) is 3.17. The molecule has 8 nitrogen and oxygen atoms in total. The van der Waals surface area contributed by atoms with Crippen LogP contribution in [0.1, 0.15) is 6.92 Å². The Balaban J connectivity index is 1.92. The van der Waals surface area contributed by atoms with Crippen LogP contribution in [0.4, 0.5) is 11.4 Å². The number of benzene rings is 2. The second-order valence-electron chi connectivity index (χ2n) is 5.30. The molecule has 0 aromatic heterocycles. The van der Waals surface area contributed by atoms with Crippen LogP contribution >= 0.6 is 11.6 Å². The van der Waals surface area contributed by atoms with E-state index >= 15 is 0 Å². The molecule has 1 heterocycles. The first kappa shape index (κ1) is 18.1. The molecular formula is C16H13ClN4O4S. The Labute approximate surface area is 154 Å². The van der Waals surface area contributed by atoms with Gasteiger partial charge in [0.25, 0.3) is 10.1 Å². The van der Waals surface area contributed by atoms with Crippen molar-refractivity contribution in [2.45, 2.75) is 11.8 Å². The summed E-state index contributed by atoms with van der Waals surface area (Å²) in [6.45, 7) is 1.59. The maximum Gasteiger partial charge on any atom is 0.301 e. The fraction of sp³-hybridized carbons (Fsp3) is 0.0625. The van der Waals surface area contributed by atoms with Crippen molar-refractivity contribution >= 4 is 50.4 Å². The van der Waals surface area contributed by atoms with Crippen LogP contribution in [0.15, 0.2) is 63.6 Å². The van der Waals surface area contributed by atoms with Gasteiger partial charge in [-0.05, 0) is 31.2 Å². The summed E-state index contributed by atoms with van der Waals surface area (Å²) < 4.78 is 32.1. The van der Waals surface area contributed by atoms with Crippen molar-refractivity contribution in [3.63, 3.8) is 0 Å². The molecule has 1 aliphatic rings. The van der Waals surface area contributed by atoms with Crippen molar-refractivity contribution < 1.29 is 17.8 Å². The topological polar surface area (TPSA) is 111 Å². The van der Waals surface area contributed by atoms with Crippen LogP contribution in [0.2, 0.25) is 5.02 Å². The molecule has 0 atom stereocenters. The monoisotopic (exact) mass is 392 g/mol. The van der Waals surface area contributed by atoms with E-state index in [1.807, 2.05) is 0 Å². The summed E-state index contributed by atoms with van der Waals surface area (Å²) in [5.74, 6) is -0.521. The van der Waals surface area contributed by atoms with Gasteiger partial charge in [-0.25, -0.2) is 0 Å². The summed E-state index contributed by atoms with van der Waals surface area (Å²) in [6.07, 6.45) is 0. The molecule has 1 aliphatic heterocycles. The molecule has 2 aromatic carbocycles. The molecule has 0 fully saturated rings. The van der Waals surface area contributed by atoms with Gasteiger partial charge in [0.2, 0.25) is 0 Å². The van der Waals surface area contributed by atoms with Gasteiger partial charge in [-0.2, -0.15) is 23.6 Å². The smallest absolute Gasteiger partial charge is 0.282 e. The third-order valence-electron chi connectivity index (χ3n) is 3.52. The van der Waals surface area contributed by atoms with Gasteiger partial charge in [-0.15, -0.1) is 0 Å². The van der Waals surface area contributed by atoms with Gasteiger partial charge in [0.05, 0.1) is 22.1 Å². The van der Waals surface area contributed by atoms with Gasteiger partial charge in [0.15, 0.2) is 5.71 Å². The number of carbonyl (C=O) groups excluding carboxylic acids is 1. The van der Waals surface area contributed by atoms with Crippen molar-refractivity contribution in [2.75, 3.05) is 10.4 Å². The van der Waals surface area contributed by atoms with Gasteiger partial charge in [-0.1, -0.05) is 35.9 Å². The first-order valence-electron chi connectivity index (χ1n) is 7.34. The lowest BCUT2D eigenvalue weighted by Crippen LogP contribution is -2.28. The quantitative estimate of drug-likeness (QED) is 0.613. The van der Waals surface area contributed by atoms with E-state index < -0.39 is 16.0 Å². The summed E-state index contributed by atoms with van der Waals surface area (Å²) in [4.78, 5) is 12.2. The Kier molecular flexibility index (Phi) is 4.77. The van der Waals surface area contributed by atoms with E-state index in [1.54, 1.807) is 37.3 Å². The van der Waals surface area contributed by atoms with Gasteiger partial charge in [0.1, 0.15) is 4.90 Å². The molecule has 26 heavy (non-hydrogen) atoms. The van der Waals surface area contributed by atoms with Crippen LogP contribution < -0.4 is 10.4 Å². The van der Waals surface area contributed by atoms with E-state index in [4.69, 9.17) is 11.6 Å². The first-order chi connectivity index (χ1) is 12.3. The predicted octanol–water partition coefficient (Wildman–Crippen LogP) is 2.78. The first-order valence-corrected chi connectivity index (χ1v) is 9.15. The SMILES string of the molecule is CC1=NN(c2ccccc2Cl)C(=O)C1=NNc1ccccc1S(=O)(=O)O. The highest BCUT2D eigenvalue weighted by Gasteiger charge is 2.32. The zero-order valence-corrected chi connectivity index (χ0v) is 15.0. The third kappa shape index (κ3) is 3.45. The minimum absolute atomic E-state index is 0.00457. The molecule has 1 amide bonds. The van der Waals surface area contributed by atoms with Crippen LogP contribution in [0.5, 0.6) is 0 Å². The number of para-hydroxylation sites is 2. The van der Waals surface area contributed by atoms with E-state index in [1.165, 1.54) is 18.2 Å².